The number of methoxy groups -OCH3 is 1. The van der Waals surface area contributed by atoms with Crippen molar-refractivity contribution in [2.75, 3.05) is 7.11 Å². The smallest absolute Gasteiger partial charge is 0.432 e. The predicted octanol–water partition coefficient (Wildman–Crippen LogP) is 0.848. The number of amides is 3. The molecule has 2 rings (SSSR count). The first kappa shape index (κ1) is 12.9. The zero-order valence-electron chi connectivity index (χ0n) is 10.2. The minimum absolute atomic E-state index is 0.0989. The van der Waals surface area contributed by atoms with Crippen LogP contribution in [0.25, 0.3) is 0 Å². The van der Waals surface area contributed by atoms with Crippen LogP contribution < -0.4 is 14.9 Å². The first-order chi connectivity index (χ1) is 9.10. The molecule has 0 atom stereocenters. The molecule has 3 amide bonds. The summed E-state index contributed by atoms with van der Waals surface area (Å²) in [6.07, 6.45) is -0.697. The topological polar surface area (TPSA) is 84.9 Å². The number of benzene rings is 1. The molecule has 1 heterocycles. The quantitative estimate of drug-likeness (QED) is 0.818. The van der Waals surface area contributed by atoms with Gasteiger partial charge in [0.15, 0.2) is 0 Å². The molecule has 0 radical (unpaired) electrons. The molecule has 0 aromatic heterocycles. The molecule has 0 saturated carbocycles. The molecule has 1 N–H and O–H groups in total. The van der Waals surface area contributed by atoms with Crippen LogP contribution in [-0.2, 0) is 9.59 Å². The maximum atomic E-state index is 11.5. The summed E-state index contributed by atoms with van der Waals surface area (Å²) in [6, 6.07) is 6.31. The van der Waals surface area contributed by atoms with Gasteiger partial charge in [0.2, 0.25) is 11.8 Å². The molecule has 1 aromatic rings. The highest BCUT2D eigenvalue weighted by Crippen LogP contribution is 2.17. The lowest BCUT2D eigenvalue weighted by Crippen LogP contribution is -2.46. The average molecular weight is 264 g/mol. The third-order valence-corrected chi connectivity index (χ3v) is 2.52. The van der Waals surface area contributed by atoms with Gasteiger partial charge >= 0.3 is 6.09 Å². The standard InChI is InChI=1S/C12H12N2O5/c1-18-8-2-4-9(5-3-8)19-12(17)13-14-10(15)6-7-11(14)16/h2-5H,6-7H2,1H3,(H,13,17). The van der Waals surface area contributed by atoms with Crippen molar-refractivity contribution in [3.8, 4) is 11.5 Å². The Bertz CT molecular complexity index is 495. The highest BCUT2D eigenvalue weighted by atomic mass is 16.6. The summed E-state index contributed by atoms with van der Waals surface area (Å²) in [7, 11) is 1.52. The van der Waals surface area contributed by atoms with Gasteiger partial charge in [-0.05, 0) is 24.3 Å². The Hall–Kier alpha value is -2.57. The minimum atomic E-state index is -0.895. The number of imide groups is 1. The summed E-state index contributed by atoms with van der Waals surface area (Å²) in [5, 5.41) is 0.672. The molecule has 7 heteroatoms. The zero-order valence-corrected chi connectivity index (χ0v) is 10.2. The van der Waals surface area contributed by atoms with Gasteiger partial charge in [-0.15, -0.1) is 0 Å². The summed E-state index contributed by atoms with van der Waals surface area (Å²) in [6.45, 7) is 0. The number of rotatable bonds is 3. The van der Waals surface area contributed by atoms with Crippen molar-refractivity contribution in [1.82, 2.24) is 10.4 Å². The number of nitrogens with zero attached hydrogens (tertiary/aromatic N) is 1. The normalized spacial score (nSPS) is 14.5. The zero-order chi connectivity index (χ0) is 13.8. The van der Waals surface area contributed by atoms with E-state index in [4.69, 9.17) is 9.47 Å². The van der Waals surface area contributed by atoms with E-state index in [0.717, 1.165) is 0 Å². The Balaban J connectivity index is 1.93. The Morgan fingerprint density at radius 2 is 1.63 bits per heavy atom. The fraction of sp³-hybridized carbons (Fsp3) is 0.250. The van der Waals surface area contributed by atoms with E-state index >= 15 is 0 Å². The van der Waals surface area contributed by atoms with Gasteiger partial charge < -0.3 is 9.47 Å². The minimum Gasteiger partial charge on any atom is -0.497 e. The molecule has 1 aromatic carbocycles. The lowest BCUT2D eigenvalue weighted by atomic mass is 10.3. The maximum Gasteiger partial charge on any atom is 0.432 e. The molecule has 1 fully saturated rings. The molecule has 19 heavy (non-hydrogen) atoms. The average Bonchev–Trinajstić information content (AvgIpc) is 2.71. The van der Waals surface area contributed by atoms with Crippen LogP contribution in [-0.4, -0.2) is 30.0 Å². The van der Waals surface area contributed by atoms with Crippen LogP contribution in [0.1, 0.15) is 12.8 Å². The number of carbonyl (C=O) groups is 3. The van der Waals surface area contributed by atoms with Crippen LogP contribution in [0.3, 0.4) is 0 Å². The Labute approximate surface area is 109 Å². The molecule has 0 aliphatic carbocycles. The first-order valence-corrected chi connectivity index (χ1v) is 5.58. The number of hydrogen-bond acceptors (Lipinski definition) is 5. The van der Waals surface area contributed by atoms with E-state index in [1.165, 1.54) is 19.2 Å². The number of hydrogen-bond donors (Lipinski definition) is 1. The predicted molar refractivity (Wildman–Crippen MR) is 63.2 cm³/mol. The van der Waals surface area contributed by atoms with E-state index in [2.05, 4.69) is 5.43 Å². The van der Waals surface area contributed by atoms with Crippen molar-refractivity contribution in [3.63, 3.8) is 0 Å². The fourth-order valence-corrected chi connectivity index (χ4v) is 1.57. The van der Waals surface area contributed by atoms with Crippen molar-refractivity contribution in [2.45, 2.75) is 12.8 Å². The SMILES string of the molecule is COc1ccc(OC(=O)NN2C(=O)CCC2=O)cc1. The van der Waals surface area contributed by atoms with Gasteiger partial charge in [0.05, 0.1) is 7.11 Å². The largest absolute Gasteiger partial charge is 0.497 e. The summed E-state index contributed by atoms with van der Waals surface area (Å²) in [5.74, 6) is 0.00316. The fourth-order valence-electron chi connectivity index (χ4n) is 1.57. The second kappa shape index (κ2) is 5.38. The molecular formula is C12H12N2O5. The Kier molecular flexibility index (Phi) is 3.65. The number of hydrazine groups is 1. The van der Waals surface area contributed by atoms with Gasteiger partial charge in [0.25, 0.3) is 0 Å². The maximum absolute atomic E-state index is 11.5. The number of ether oxygens (including phenoxy) is 2. The van der Waals surface area contributed by atoms with Crippen molar-refractivity contribution in [3.05, 3.63) is 24.3 Å². The summed E-state index contributed by atoms with van der Waals surface area (Å²) in [4.78, 5) is 34.1. The van der Waals surface area contributed by atoms with Gasteiger partial charge in [-0.2, -0.15) is 5.01 Å². The van der Waals surface area contributed by atoms with Gasteiger partial charge in [0.1, 0.15) is 11.5 Å². The van der Waals surface area contributed by atoms with Gasteiger partial charge in [0, 0.05) is 12.8 Å². The lowest BCUT2D eigenvalue weighted by molar-refractivity contribution is -0.141. The highest BCUT2D eigenvalue weighted by Gasteiger charge is 2.30. The second-order valence-corrected chi connectivity index (χ2v) is 3.80. The van der Waals surface area contributed by atoms with E-state index in [9.17, 15) is 14.4 Å². The van der Waals surface area contributed by atoms with Crippen molar-refractivity contribution in [1.29, 1.82) is 0 Å². The van der Waals surface area contributed by atoms with Crippen molar-refractivity contribution < 1.29 is 23.9 Å². The second-order valence-electron chi connectivity index (χ2n) is 3.80. The molecule has 100 valence electrons. The van der Waals surface area contributed by atoms with Gasteiger partial charge in [-0.1, -0.05) is 0 Å². The van der Waals surface area contributed by atoms with Gasteiger partial charge in [-0.3, -0.25) is 9.59 Å². The van der Waals surface area contributed by atoms with E-state index in [0.29, 0.717) is 10.8 Å². The van der Waals surface area contributed by atoms with Crippen LogP contribution >= 0.6 is 0 Å². The van der Waals surface area contributed by atoms with Crippen LogP contribution in [0.5, 0.6) is 11.5 Å². The monoisotopic (exact) mass is 264 g/mol. The van der Waals surface area contributed by atoms with Crippen LogP contribution in [0.4, 0.5) is 4.79 Å². The van der Waals surface area contributed by atoms with Crippen molar-refractivity contribution >= 4 is 17.9 Å². The number of nitrogens with one attached hydrogen (secondary N) is 1. The third kappa shape index (κ3) is 3.01. The van der Waals surface area contributed by atoms with E-state index in [-0.39, 0.29) is 18.6 Å². The third-order valence-electron chi connectivity index (χ3n) is 2.52. The number of carbonyl (C=O) groups excluding carboxylic acids is 3. The van der Waals surface area contributed by atoms with E-state index in [1.54, 1.807) is 12.1 Å². The van der Waals surface area contributed by atoms with E-state index in [1.807, 2.05) is 0 Å². The summed E-state index contributed by atoms with van der Waals surface area (Å²) >= 11 is 0. The van der Waals surface area contributed by atoms with Crippen molar-refractivity contribution in [2.24, 2.45) is 0 Å². The molecular weight excluding hydrogens is 252 g/mol. The Morgan fingerprint density at radius 1 is 1.11 bits per heavy atom. The van der Waals surface area contributed by atoms with Crippen LogP contribution in [0, 0.1) is 0 Å². The first-order valence-electron chi connectivity index (χ1n) is 5.58. The Morgan fingerprint density at radius 3 is 2.16 bits per heavy atom. The molecule has 7 nitrogen and oxygen atoms in total. The summed E-state index contributed by atoms with van der Waals surface area (Å²) < 4.78 is 9.88. The molecule has 1 saturated heterocycles. The molecule has 1 aliphatic rings. The highest BCUT2D eigenvalue weighted by molar-refractivity contribution is 6.02. The summed E-state index contributed by atoms with van der Waals surface area (Å²) in [5.41, 5.74) is 2.10. The van der Waals surface area contributed by atoms with Crippen LogP contribution in [0.2, 0.25) is 0 Å². The van der Waals surface area contributed by atoms with Gasteiger partial charge in [-0.25, -0.2) is 10.2 Å². The molecule has 1 aliphatic heterocycles. The van der Waals surface area contributed by atoms with E-state index < -0.39 is 17.9 Å². The molecule has 0 bridgehead atoms. The molecule has 0 unspecified atom stereocenters. The van der Waals surface area contributed by atoms with Crippen LogP contribution in [0.15, 0.2) is 24.3 Å². The lowest BCUT2D eigenvalue weighted by Gasteiger charge is -2.14. The molecule has 0 spiro atoms.